The minimum absolute atomic E-state index is 0.0343. The first-order valence-electron chi connectivity index (χ1n) is 6.68. The average Bonchev–Trinajstić information content (AvgIpc) is 2.93. The van der Waals surface area contributed by atoms with Crippen LogP contribution in [0.15, 0.2) is 16.3 Å². The van der Waals surface area contributed by atoms with Crippen LogP contribution in [-0.2, 0) is 10.0 Å². The molecule has 1 aliphatic carbocycles. The standard InChI is InChI=1S/C13H17N3O2S2/c1-9-7-10-8-14-13(19-2)15-12(10)16(20(9,17)18)11-5-3-4-6-11/h7-8,11H,3-6H2,1-2H3. The highest BCUT2D eigenvalue weighted by molar-refractivity contribution is 7.98. The van der Waals surface area contributed by atoms with Crippen LogP contribution in [0.5, 0.6) is 0 Å². The first-order valence-corrected chi connectivity index (χ1v) is 9.34. The average molecular weight is 311 g/mol. The minimum atomic E-state index is -3.43. The topological polar surface area (TPSA) is 63.2 Å². The van der Waals surface area contributed by atoms with Crippen molar-refractivity contribution in [1.82, 2.24) is 9.97 Å². The van der Waals surface area contributed by atoms with Gasteiger partial charge in [0.15, 0.2) is 11.0 Å². The molecule has 0 radical (unpaired) electrons. The van der Waals surface area contributed by atoms with Gasteiger partial charge < -0.3 is 0 Å². The van der Waals surface area contributed by atoms with Crippen LogP contribution in [0.1, 0.15) is 38.2 Å². The zero-order valence-electron chi connectivity index (χ0n) is 11.5. The molecule has 0 atom stereocenters. The van der Waals surface area contributed by atoms with Gasteiger partial charge in [0.05, 0.1) is 4.91 Å². The Labute approximate surface area is 123 Å². The molecular weight excluding hydrogens is 294 g/mol. The summed E-state index contributed by atoms with van der Waals surface area (Å²) >= 11 is 1.42. The Morgan fingerprint density at radius 1 is 1.35 bits per heavy atom. The third kappa shape index (κ3) is 2.13. The van der Waals surface area contributed by atoms with E-state index in [2.05, 4.69) is 9.97 Å². The van der Waals surface area contributed by atoms with Gasteiger partial charge in [-0.05, 0) is 32.1 Å². The number of rotatable bonds is 2. The molecule has 0 bridgehead atoms. The fourth-order valence-corrected chi connectivity index (χ4v) is 4.71. The molecule has 0 saturated heterocycles. The van der Waals surface area contributed by atoms with Crippen molar-refractivity contribution in [2.24, 2.45) is 0 Å². The van der Waals surface area contributed by atoms with E-state index in [0.29, 0.717) is 15.9 Å². The number of fused-ring (bicyclic) bond motifs is 1. The molecule has 0 amide bonds. The molecule has 1 saturated carbocycles. The second-order valence-corrected chi connectivity index (χ2v) is 7.89. The van der Waals surface area contributed by atoms with Gasteiger partial charge in [0, 0.05) is 17.8 Å². The van der Waals surface area contributed by atoms with E-state index in [-0.39, 0.29) is 6.04 Å². The lowest BCUT2D eigenvalue weighted by Gasteiger charge is -2.33. The number of hydrogen-bond donors (Lipinski definition) is 0. The van der Waals surface area contributed by atoms with E-state index in [0.717, 1.165) is 31.2 Å². The Bertz CT molecular complexity index is 664. The quantitative estimate of drug-likeness (QED) is 0.620. The number of allylic oxidation sites excluding steroid dienone is 1. The summed E-state index contributed by atoms with van der Waals surface area (Å²) in [5.74, 6) is 0.543. The maximum Gasteiger partial charge on any atom is 0.261 e. The number of sulfonamides is 1. The number of anilines is 1. The molecule has 1 aromatic heterocycles. The highest BCUT2D eigenvalue weighted by Crippen LogP contribution is 2.38. The third-order valence-corrected chi connectivity index (χ3v) is 6.33. The van der Waals surface area contributed by atoms with Crippen LogP contribution in [-0.4, -0.2) is 30.7 Å². The Morgan fingerprint density at radius 2 is 2.05 bits per heavy atom. The van der Waals surface area contributed by atoms with Crippen LogP contribution in [0.3, 0.4) is 0 Å². The fraction of sp³-hybridized carbons (Fsp3) is 0.538. The van der Waals surface area contributed by atoms with Gasteiger partial charge in [-0.2, -0.15) is 0 Å². The molecule has 7 heteroatoms. The largest absolute Gasteiger partial charge is 0.261 e. The molecular formula is C13H17N3O2S2. The van der Waals surface area contributed by atoms with E-state index in [1.54, 1.807) is 19.2 Å². The molecule has 0 spiro atoms. The summed E-state index contributed by atoms with van der Waals surface area (Å²) in [7, 11) is -3.43. The molecule has 1 aliphatic heterocycles. The highest BCUT2D eigenvalue weighted by Gasteiger charge is 2.38. The molecule has 1 fully saturated rings. The summed E-state index contributed by atoms with van der Waals surface area (Å²) in [4.78, 5) is 9.05. The van der Waals surface area contributed by atoms with Gasteiger partial charge in [0.25, 0.3) is 10.0 Å². The van der Waals surface area contributed by atoms with E-state index < -0.39 is 10.0 Å². The van der Waals surface area contributed by atoms with Gasteiger partial charge in [-0.25, -0.2) is 22.7 Å². The van der Waals surface area contributed by atoms with Gasteiger partial charge in [-0.15, -0.1) is 0 Å². The molecule has 0 unspecified atom stereocenters. The second kappa shape index (κ2) is 5.04. The van der Waals surface area contributed by atoms with E-state index in [9.17, 15) is 8.42 Å². The molecule has 20 heavy (non-hydrogen) atoms. The van der Waals surface area contributed by atoms with Crippen LogP contribution in [0, 0.1) is 0 Å². The number of aromatic nitrogens is 2. The monoisotopic (exact) mass is 311 g/mol. The molecule has 108 valence electrons. The normalized spacial score (nSPS) is 21.7. The summed E-state index contributed by atoms with van der Waals surface area (Å²) in [5, 5.41) is 0.606. The predicted molar refractivity (Wildman–Crippen MR) is 81.1 cm³/mol. The van der Waals surface area contributed by atoms with Crippen molar-refractivity contribution in [1.29, 1.82) is 0 Å². The van der Waals surface area contributed by atoms with Gasteiger partial charge in [0.2, 0.25) is 0 Å². The van der Waals surface area contributed by atoms with Gasteiger partial charge in [-0.1, -0.05) is 24.6 Å². The van der Waals surface area contributed by atoms with Crippen LogP contribution in [0.4, 0.5) is 5.82 Å². The summed E-state index contributed by atoms with van der Waals surface area (Å²) < 4.78 is 26.8. The van der Waals surface area contributed by atoms with E-state index in [1.165, 1.54) is 16.1 Å². The van der Waals surface area contributed by atoms with E-state index in [1.807, 2.05) is 6.26 Å². The maximum atomic E-state index is 12.7. The number of hydrogen-bond acceptors (Lipinski definition) is 5. The molecule has 0 N–H and O–H groups in total. The van der Waals surface area contributed by atoms with Crippen molar-refractivity contribution in [2.45, 2.75) is 43.8 Å². The van der Waals surface area contributed by atoms with Crippen LogP contribution >= 0.6 is 11.8 Å². The van der Waals surface area contributed by atoms with Crippen molar-refractivity contribution in [3.8, 4) is 0 Å². The molecule has 0 aromatic carbocycles. The fourth-order valence-electron chi connectivity index (χ4n) is 2.81. The predicted octanol–water partition coefficient (Wildman–Crippen LogP) is 2.65. The lowest BCUT2D eigenvalue weighted by Crippen LogP contribution is -2.41. The maximum absolute atomic E-state index is 12.7. The lowest BCUT2D eigenvalue weighted by molar-refractivity contribution is 0.577. The van der Waals surface area contributed by atoms with Gasteiger partial charge in [-0.3, -0.25) is 0 Å². The zero-order chi connectivity index (χ0) is 14.3. The van der Waals surface area contributed by atoms with Gasteiger partial charge in [0.1, 0.15) is 0 Å². The summed E-state index contributed by atoms with van der Waals surface area (Å²) in [6.07, 6.45) is 9.24. The lowest BCUT2D eigenvalue weighted by atomic mass is 10.2. The van der Waals surface area contributed by atoms with Crippen molar-refractivity contribution in [3.63, 3.8) is 0 Å². The summed E-state index contributed by atoms with van der Waals surface area (Å²) in [6, 6.07) is 0.0343. The molecule has 2 aliphatic rings. The molecule has 1 aromatic rings. The van der Waals surface area contributed by atoms with E-state index in [4.69, 9.17) is 0 Å². The highest BCUT2D eigenvalue weighted by atomic mass is 32.2. The Balaban J connectivity index is 2.18. The summed E-state index contributed by atoms with van der Waals surface area (Å²) in [6.45, 7) is 1.64. The first-order chi connectivity index (χ1) is 9.54. The van der Waals surface area contributed by atoms with Crippen molar-refractivity contribution in [2.75, 3.05) is 10.6 Å². The van der Waals surface area contributed by atoms with Crippen LogP contribution in [0.2, 0.25) is 0 Å². The number of thioether (sulfide) groups is 1. The Hall–Kier alpha value is -1.08. The SMILES string of the molecule is CSc1ncc2c(n1)N(C1CCCC1)S(=O)(=O)C(C)=C2. The summed E-state index contributed by atoms with van der Waals surface area (Å²) in [5.41, 5.74) is 0.794. The second-order valence-electron chi connectivity index (χ2n) is 5.13. The third-order valence-electron chi connectivity index (χ3n) is 3.85. The first kappa shape index (κ1) is 13.9. The van der Waals surface area contributed by atoms with Crippen molar-refractivity contribution >= 4 is 33.7 Å². The zero-order valence-corrected chi connectivity index (χ0v) is 13.2. The Kier molecular flexibility index (Phi) is 3.50. The number of nitrogens with zero attached hydrogens (tertiary/aromatic N) is 3. The molecule has 3 rings (SSSR count). The molecule has 2 heterocycles. The van der Waals surface area contributed by atoms with Crippen LogP contribution < -0.4 is 4.31 Å². The van der Waals surface area contributed by atoms with Gasteiger partial charge >= 0.3 is 0 Å². The Morgan fingerprint density at radius 3 is 2.70 bits per heavy atom. The minimum Gasteiger partial charge on any atom is -0.246 e. The van der Waals surface area contributed by atoms with Crippen molar-refractivity contribution in [3.05, 3.63) is 16.7 Å². The smallest absolute Gasteiger partial charge is 0.246 e. The van der Waals surface area contributed by atoms with E-state index >= 15 is 0 Å². The van der Waals surface area contributed by atoms with Crippen molar-refractivity contribution < 1.29 is 8.42 Å². The molecule has 5 nitrogen and oxygen atoms in total. The van der Waals surface area contributed by atoms with Crippen LogP contribution in [0.25, 0.3) is 6.08 Å².